The summed E-state index contributed by atoms with van der Waals surface area (Å²) < 4.78 is 5.54. The lowest BCUT2D eigenvalue weighted by atomic mass is 10.1. The van der Waals surface area contributed by atoms with E-state index in [1.165, 1.54) is 0 Å². The fraction of sp³-hybridized carbons (Fsp3) is 0.400. The van der Waals surface area contributed by atoms with Crippen molar-refractivity contribution in [2.24, 2.45) is 0 Å². The fourth-order valence-electron chi connectivity index (χ4n) is 2.88. The minimum atomic E-state index is -0.357. The van der Waals surface area contributed by atoms with Crippen molar-refractivity contribution in [1.82, 2.24) is 4.98 Å². The number of aromatic nitrogens is 1. The van der Waals surface area contributed by atoms with E-state index in [-0.39, 0.29) is 10.6 Å². The number of hydrogen-bond donors (Lipinski definition) is 0. The first-order valence-corrected chi connectivity index (χ1v) is 7.08. The molecule has 0 N–H and O–H groups in total. The summed E-state index contributed by atoms with van der Waals surface area (Å²) in [5.41, 5.74) is 1.12. The van der Waals surface area contributed by atoms with Crippen LogP contribution in [-0.4, -0.2) is 35.7 Å². The molecule has 1 aromatic heterocycles. The molecule has 1 aliphatic rings. The van der Waals surface area contributed by atoms with Gasteiger partial charge >= 0.3 is 0 Å². The van der Waals surface area contributed by atoms with Crippen molar-refractivity contribution in [3.63, 3.8) is 0 Å². The quantitative estimate of drug-likeness (QED) is 0.641. The third kappa shape index (κ3) is 2.42. The van der Waals surface area contributed by atoms with Gasteiger partial charge in [-0.3, -0.25) is 15.1 Å². The molecule has 1 saturated heterocycles. The predicted molar refractivity (Wildman–Crippen MR) is 80.6 cm³/mol. The minimum absolute atomic E-state index is 0.100. The lowest BCUT2D eigenvalue weighted by Crippen LogP contribution is -2.45. The Morgan fingerprint density at radius 3 is 3.05 bits per heavy atom. The van der Waals surface area contributed by atoms with Crippen LogP contribution in [0.3, 0.4) is 0 Å². The largest absolute Gasteiger partial charge is 0.377 e. The zero-order valence-corrected chi connectivity index (χ0v) is 11.9. The maximum atomic E-state index is 11.2. The molecule has 0 radical (unpaired) electrons. The Hall–Kier alpha value is -2.21. The van der Waals surface area contributed by atoms with Crippen LogP contribution in [0.2, 0.25) is 0 Å². The number of nitro benzene ring substituents is 1. The SMILES string of the molecule is CCC1COCCN1c1ccc([N+](=O)[O-])c2cnccc12. The summed E-state index contributed by atoms with van der Waals surface area (Å²) >= 11 is 0. The Labute approximate surface area is 122 Å². The molecule has 0 saturated carbocycles. The summed E-state index contributed by atoms with van der Waals surface area (Å²) in [7, 11) is 0. The van der Waals surface area contributed by atoms with Gasteiger partial charge in [-0.25, -0.2) is 0 Å². The van der Waals surface area contributed by atoms with E-state index in [0.29, 0.717) is 24.6 Å². The molecule has 0 spiro atoms. The summed E-state index contributed by atoms with van der Waals surface area (Å²) in [6.45, 7) is 4.30. The molecule has 6 heteroatoms. The van der Waals surface area contributed by atoms with E-state index >= 15 is 0 Å². The Morgan fingerprint density at radius 1 is 1.43 bits per heavy atom. The molecule has 1 fully saturated rings. The molecular weight excluding hydrogens is 270 g/mol. The van der Waals surface area contributed by atoms with Crippen LogP contribution in [0.1, 0.15) is 13.3 Å². The zero-order chi connectivity index (χ0) is 14.8. The van der Waals surface area contributed by atoms with Crippen LogP contribution in [-0.2, 0) is 4.74 Å². The number of pyridine rings is 1. The second-order valence-electron chi connectivity index (χ2n) is 5.11. The van der Waals surface area contributed by atoms with Crippen molar-refractivity contribution in [1.29, 1.82) is 0 Å². The summed E-state index contributed by atoms with van der Waals surface area (Å²) in [4.78, 5) is 17.1. The second-order valence-corrected chi connectivity index (χ2v) is 5.11. The number of anilines is 1. The molecular formula is C15H17N3O3. The molecule has 2 heterocycles. The van der Waals surface area contributed by atoms with Gasteiger partial charge in [0.25, 0.3) is 5.69 Å². The molecule has 0 amide bonds. The number of hydrogen-bond acceptors (Lipinski definition) is 5. The smallest absolute Gasteiger partial charge is 0.278 e. The molecule has 0 aliphatic carbocycles. The van der Waals surface area contributed by atoms with Gasteiger partial charge in [0.1, 0.15) is 0 Å². The molecule has 6 nitrogen and oxygen atoms in total. The van der Waals surface area contributed by atoms with Gasteiger partial charge < -0.3 is 9.64 Å². The standard InChI is InChI=1S/C15H17N3O3/c1-2-11-10-21-8-7-17(11)14-3-4-15(18(19)20)13-9-16-6-5-12(13)14/h3-6,9,11H,2,7-8,10H2,1H3. The molecule has 1 atom stereocenters. The Balaban J connectivity index is 2.15. The number of fused-ring (bicyclic) bond motifs is 1. The van der Waals surface area contributed by atoms with Crippen LogP contribution in [0.5, 0.6) is 0 Å². The van der Waals surface area contributed by atoms with Gasteiger partial charge in [0, 0.05) is 36.1 Å². The van der Waals surface area contributed by atoms with E-state index in [9.17, 15) is 10.1 Å². The van der Waals surface area contributed by atoms with Gasteiger partial charge in [-0.1, -0.05) is 6.92 Å². The highest BCUT2D eigenvalue weighted by Crippen LogP contribution is 2.34. The highest BCUT2D eigenvalue weighted by molar-refractivity contribution is 5.99. The van der Waals surface area contributed by atoms with Crippen LogP contribution in [0.4, 0.5) is 11.4 Å². The maximum absolute atomic E-state index is 11.2. The van der Waals surface area contributed by atoms with E-state index in [1.807, 2.05) is 12.1 Å². The van der Waals surface area contributed by atoms with Crippen molar-refractivity contribution in [3.8, 4) is 0 Å². The molecule has 21 heavy (non-hydrogen) atoms. The lowest BCUT2D eigenvalue weighted by Gasteiger charge is -2.37. The Morgan fingerprint density at radius 2 is 2.29 bits per heavy atom. The zero-order valence-electron chi connectivity index (χ0n) is 11.9. The first kappa shape index (κ1) is 13.8. The monoisotopic (exact) mass is 287 g/mol. The third-order valence-electron chi connectivity index (χ3n) is 3.98. The highest BCUT2D eigenvalue weighted by Gasteiger charge is 2.25. The van der Waals surface area contributed by atoms with Crippen LogP contribution < -0.4 is 4.90 Å². The van der Waals surface area contributed by atoms with Gasteiger partial charge in [0.2, 0.25) is 0 Å². The topological polar surface area (TPSA) is 68.5 Å². The van der Waals surface area contributed by atoms with Crippen molar-refractivity contribution < 1.29 is 9.66 Å². The highest BCUT2D eigenvalue weighted by atomic mass is 16.6. The summed E-state index contributed by atoms with van der Waals surface area (Å²) in [6.07, 6.45) is 4.22. The van der Waals surface area contributed by atoms with E-state index in [4.69, 9.17) is 4.74 Å². The minimum Gasteiger partial charge on any atom is -0.377 e. The number of ether oxygens (including phenoxy) is 1. The number of nitrogens with zero attached hydrogens (tertiary/aromatic N) is 3. The molecule has 0 bridgehead atoms. The summed E-state index contributed by atoms with van der Waals surface area (Å²) in [5, 5.41) is 12.6. The summed E-state index contributed by atoms with van der Waals surface area (Å²) in [6, 6.07) is 5.56. The number of morpholine rings is 1. The molecule has 3 rings (SSSR count). The third-order valence-corrected chi connectivity index (χ3v) is 3.98. The molecule has 1 aliphatic heterocycles. The van der Waals surface area contributed by atoms with Crippen molar-refractivity contribution in [3.05, 3.63) is 40.7 Å². The van der Waals surface area contributed by atoms with Crippen LogP contribution in [0, 0.1) is 10.1 Å². The predicted octanol–water partition coefficient (Wildman–Crippen LogP) is 2.76. The van der Waals surface area contributed by atoms with E-state index in [1.54, 1.807) is 18.5 Å². The fourth-order valence-corrected chi connectivity index (χ4v) is 2.88. The lowest BCUT2D eigenvalue weighted by molar-refractivity contribution is -0.383. The average molecular weight is 287 g/mol. The molecule has 1 aromatic carbocycles. The van der Waals surface area contributed by atoms with Gasteiger partial charge in [0.15, 0.2) is 0 Å². The average Bonchev–Trinajstić information content (AvgIpc) is 2.53. The summed E-state index contributed by atoms with van der Waals surface area (Å²) in [5.74, 6) is 0. The van der Waals surface area contributed by atoms with Crippen LogP contribution in [0.25, 0.3) is 10.8 Å². The van der Waals surface area contributed by atoms with E-state index in [0.717, 1.165) is 24.0 Å². The first-order chi connectivity index (χ1) is 10.2. The number of rotatable bonds is 3. The van der Waals surface area contributed by atoms with Crippen molar-refractivity contribution in [2.75, 3.05) is 24.7 Å². The Bertz CT molecular complexity index is 674. The number of nitro groups is 1. The van der Waals surface area contributed by atoms with Crippen LogP contribution in [0.15, 0.2) is 30.6 Å². The van der Waals surface area contributed by atoms with Gasteiger partial charge in [-0.2, -0.15) is 0 Å². The Kier molecular flexibility index (Phi) is 3.70. The number of non-ortho nitro benzene ring substituents is 1. The number of benzene rings is 1. The second kappa shape index (κ2) is 5.65. The normalized spacial score (nSPS) is 18.9. The van der Waals surface area contributed by atoms with Gasteiger partial charge in [-0.05, 0) is 18.6 Å². The van der Waals surface area contributed by atoms with Crippen LogP contribution >= 0.6 is 0 Å². The maximum Gasteiger partial charge on any atom is 0.278 e. The van der Waals surface area contributed by atoms with E-state index < -0.39 is 0 Å². The van der Waals surface area contributed by atoms with Crippen molar-refractivity contribution in [2.45, 2.75) is 19.4 Å². The van der Waals surface area contributed by atoms with Gasteiger partial charge in [-0.15, -0.1) is 0 Å². The molecule has 2 aromatic rings. The van der Waals surface area contributed by atoms with E-state index in [2.05, 4.69) is 16.8 Å². The van der Waals surface area contributed by atoms with Gasteiger partial charge in [0.05, 0.1) is 29.6 Å². The molecule has 110 valence electrons. The van der Waals surface area contributed by atoms with Crippen molar-refractivity contribution >= 4 is 22.1 Å². The first-order valence-electron chi connectivity index (χ1n) is 7.08. The molecule has 1 unspecified atom stereocenters.